The summed E-state index contributed by atoms with van der Waals surface area (Å²) < 4.78 is 18.8. The van der Waals surface area contributed by atoms with Gasteiger partial charge in [-0.25, -0.2) is 4.39 Å². The van der Waals surface area contributed by atoms with Crippen molar-refractivity contribution in [2.24, 2.45) is 11.7 Å². The molecule has 0 saturated heterocycles. The Kier molecular flexibility index (Phi) is 4.13. The fraction of sp³-hybridized carbons (Fsp3) is 0.429. The minimum Gasteiger partial charge on any atom is -0.376 e. The van der Waals surface area contributed by atoms with E-state index in [1.807, 2.05) is 6.07 Å². The van der Waals surface area contributed by atoms with Gasteiger partial charge in [-0.2, -0.15) is 0 Å². The normalized spacial score (nSPS) is 14.2. The van der Waals surface area contributed by atoms with Crippen molar-refractivity contribution in [2.45, 2.75) is 19.4 Å². The average Bonchev–Trinajstić information content (AvgIpc) is 3.10. The second-order valence-corrected chi connectivity index (χ2v) is 4.31. The molecule has 2 N–H and O–H groups in total. The van der Waals surface area contributed by atoms with Gasteiger partial charge in [-0.3, -0.25) is 0 Å². The molecule has 0 amide bonds. The molecule has 3 heteroatoms. The molecule has 1 aromatic rings. The second kappa shape index (κ2) is 5.81. The van der Waals surface area contributed by atoms with E-state index in [9.17, 15) is 4.39 Å². The highest BCUT2D eigenvalue weighted by atomic mass is 19.1. The lowest BCUT2D eigenvalue weighted by Gasteiger charge is -2.04. The summed E-state index contributed by atoms with van der Waals surface area (Å²) in [4.78, 5) is 0. The van der Waals surface area contributed by atoms with Gasteiger partial charge in [0.25, 0.3) is 0 Å². The van der Waals surface area contributed by atoms with E-state index in [4.69, 9.17) is 10.5 Å². The SMILES string of the molecule is NCC#Cc1cc(F)cc(COCC2CC2)c1. The fourth-order valence-corrected chi connectivity index (χ4v) is 1.59. The molecular formula is C14H16FNO. The van der Waals surface area contributed by atoms with Crippen molar-refractivity contribution in [3.63, 3.8) is 0 Å². The van der Waals surface area contributed by atoms with E-state index in [2.05, 4.69) is 11.8 Å². The third kappa shape index (κ3) is 4.18. The molecule has 0 radical (unpaired) electrons. The molecule has 1 saturated carbocycles. The molecular weight excluding hydrogens is 217 g/mol. The first-order chi connectivity index (χ1) is 8.28. The summed E-state index contributed by atoms with van der Waals surface area (Å²) >= 11 is 0. The van der Waals surface area contributed by atoms with Crippen molar-refractivity contribution in [2.75, 3.05) is 13.2 Å². The molecule has 90 valence electrons. The van der Waals surface area contributed by atoms with Gasteiger partial charge in [-0.1, -0.05) is 11.8 Å². The average molecular weight is 233 g/mol. The summed E-state index contributed by atoms with van der Waals surface area (Å²) in [5.41, 5.74) is 6.76. The molecule has 0 spiro atoms. The van der Waals surface area contributed by atoms with Crippen LogP contribution < -0.4 is 5.73 Å². The monoisotopic (exact) mass is 233 g/mol. The third-order valence-electron chi connectivity index (χ3n) is 2.61. The molecule has 0 atom stereocenters. The fourth-order valence-electron chi connectivity index (χ4n) is 1.59. The van der Waals surface area contributed by atoms with E-state index in [0.717, 1.165) is 18.1 Å². The number of hydrogen-bond acceptors (Lipinski definition) is 2. The van der Waals surface area contributed by atoms with E-state index < -0.39 is 0 Å². The molecule has 1 aliphatic carbocycles. The van der Waals surface area contributed by atoms with Crippen molar-refractivity contribution in [3.8, 4) is 11.8 Å². The van der Waals surface area contributed by atoms with Crippen molar-refractivity contribution < 1.29 is 9.13 Å². The van der Waals surface area contributed by atoms with Gasteiger partial charge in [0.15, 0.2) is 0 Å². The zero-order valence-corrected chi connectivity index (χ0v) is 9.71. The Balaban J connectivity index is 1.96. The maximum atomic E-state index is 13.3. The highest BCUT2D eigenvalue weighted by molar-refractivity contribution is 5.37. The quantitative estimate of drug-likeness (QED) is 0.808. The van der Waals surface area contributed by atoms with Crippen LogP contribution in [0.2, 0.25) is 0 Å². The van der Waals surface area contributed by atoms with Gasteiger partial charge in [0.2, 0.25) is 0 Å². The molecule has 2 nitrogen and oxygen atoms in total. The maximum absolute atomic E-state index is 13.3. The Labute approximate surface area is 101 Å². The van der Waals surface area contributed by atoms with E-state index in [-0.39, 0.29) is 12.4 Å². The van der Waals surface area contributed by atoms with Crippen molar-refractivity contribution in [1.29, 1.82) is 0 Å². The van der Waals surface area contributed by atoms with Gasteiger partial charge in [0.1, 0.15) is 5.82 Å². The van der Waals surface area contributed by atoms with Gasteiger partial charge < -0.3 is 10.5 Å². The van der Waals surface area contributed by atoms with Crippen molar-refractivity contribution in [1.82, 2.24) is 0 Å². The van der Waals surface area contributed by atoms with Crippen LogP contribution in [0.4, 0.5) is 4.39 Å². The number of nitrogens with two attached hydrogens (primary N) is 1. The number of rotatable bonds is 4. The summed E-state index contributed by atoms with van der Waals surface area (Å²) in [6.07, 6.45) is 2.52. The Morgan fingerprint density at radius 1 is 1.35 bits per heavy atom. The predicted molar refractivity (Wildman–Crippen MR) is 64.7 cm³/mol. The lowest BCUT2D eigenvalue weighted by molar-refractivity contribution is 0.111. The lowest BCUT2D eigenvalue weighted by Crippen LogP contribution is -1.98. The summed E-state index contributed by atoms with van der Waals surface area (Å²) in [6, 6.07) is 4.74. The number of ether oxygens (including phenoxy) is 1. The van der Waals surface area contributed by atoms with E-state index in [1.165, 1.54) is 25.0 Å². The molecule has 17 heavy (non-hydrogen) atoms. The summed E-state index contributed by atoms with van der Waals surface area (Å²) in [6.45, 7) is 1.51. The van der Waals surface area contributed by atoms with Crippen LogP contribution in [-0.2, 0) is 11.3 Å². The van der Waals surface area contributed by atoms with Gasteiger partial charge in [-0.05, 0) is 42.5 Å². The van der Waals surface area contributed by atoms with Crippen LogP contribution in [0.3, 0.4) is 0 Å². The van der Waals surface area contributed by atoms with Gasteiger partial charge in [-0.15, -0.1) is 0 Å². The predicted octanol–water partition coefficient (Wildman–Crippen LogP) is 2.06. The topological polar surface area (TPSA) is 35.2 Å². The molecule has 0 unspecified atom stereocenters. The molecule has 1 aliphatic rings. The van der Waals surface area contributed by atoms with E-state index in [0.29, 0.717) is 12.2 Å². The Bertz CT molecular complexity index is 443. The number of halogens is 1. The van der Waals surface area contributed by atoms with Gasteiger partial charge in [0, 0.05) is 12.2 Å². The zero-order valence-electron chi connectivity index (χ0n) is 9.71. The van der Waals surface area contributed by atoms with E-state index >= 15 is 0 Å². The zero-order chi connectivity index (χ0) is 12.1. The van der Waals surface area contributed by atoms with Gasteiger partial charge in [0.05, 0.1) is 13.2 Å². The minimum absolute atomic E-state index is 0.279. The molecule has 1 fully saturated rings. The molecule has 0 bridgehead atoms. The van der Waals surface area contributed by atoms with Crippen LogP contribution in [0, 0.1) is 23.6 Å². The van der Waals surface area contributed by atoms with Crippen LogP contribution in [-0.4, -0.2) is 13.2 Å². The van der Waals surface area contributed by atoms with Crippen LogP contribution in [0.1, 0.15) is 24.0 Å². The summed E-state index contributed by atoms with van der Waals surface area (Å²) in [5.74, 6) is 5.98. The Hall–Kier alpha value is -1.37. The molecule has 2 rings (SSSR count). The first-order valence-electron chi connectivity index (χ1n) is 5.84. The molecule has 0 heterocycles. The lowest BCUT2D eigenvalue weighted by atomic mass is 10.1. The highest BCUT2D eigenvalue weighted by Gasteiger charge is 2.21. The maximum Gasteiger partial charge on any atom is 0.124 e. The Morgan fingerprint density at radius 3 is 2.88 bits per heavy atom. The van der Waals surface area contributed by atoms with Gasteiger partial charge >= 0.3 is 0 Å². The first-order valence-corrected chi connectivity index (χ1v) is 5.84. The summed E-state index contributed by atoms with van der Waals surface area (Å²) in [7, 11) is 0. The van der Waals surface area contributed by atoms with Crippen LogP contribution in [0.25, 0.3) is 0 Å². The minimum atomic E-state index is -0.279. The Morgan fingerprint density at radius 2 is 2.18 bits per heavy atom. The van der Waals surface area contributed by atoms with Crippen LogP contribution >= 0.6 is 0 Å². The number of hydrogen-bond donors (Lipinski definition) is 1. The number of benzene rings is 1. The van der Waals surface area contributed by atoms with Crippen LogP contribution in [0.15, 0.2) is 18.2 Å². The van der Waals surface area contributed by atoms with Crippen LogP contribution in [0.5, 0.6) is 0 Å². The molecule has 0 aromatic heterocycles. The highest BCUT2D eigenvalue weighted by Crippen LogP contribution is 2.29. The van der Waals surface area contributed by atoms with Crippen molar-refractivity contribution >= 4 is 0 Å². The van der Waals surface area contributed by atoms with E-state index in [1.54, 1.807) is 0 Å². The largest absolute Gasteiger partial charge is 0.376 e. The molecule has 0 aliphatic heterocycles. The smallest absolute Gasteiger partial charge is 0.124 e. The second-order valence-electron chi connectivity index (χ2n) is 4.31. The molecule has 1 aromatic carbocycles. The summed E-state index contributed by atoms with van der Waals surface area (Å²) in [5, 5.41) is 0. The van der Waals surface area contributed by atoms with Crippen molar-refractivity contribution in [3.05, 3.63) is 35.1 Å². The first kappa shape index (κ1) is 12.1. The standard InChI is InChI=1S/C14H16FNO/c15-14-7-12(2-1-5-16)6-13(8-14)10-17-9-11-3-4-11/h6-8,11H,3-5,9-10,16H2. The third-order valence-corrected chi connectivity index (χ3v) is 2.61.